The van der Waals surface area contributed by atoms with Crippen LogP contribution in [0, 0.1) is 0 Å². The van der Waals surface area contributed by atoms with Crippen molar-refractivity contribution in [1.82, 2.24) is 0 Å². The molecule has 0 radical (unpaired) electrons. The summed E-state index contributed by atoms with van der Waals surface area (Å²) in [5.74, 6) is -0.238. The summed E-state index contributed by atoms with van der Waals surface area (Å²) < 4.78 is 10.8. The Morgan fingerprint density at radius 3 is 3.13 bits per heavy atom. The van der Waals surface area contributed by atoms with Crippen LogP contribution >= 0.6 is 11.3 Å². The van der Waals surface area contributed by atoms with Crippen LogP contribution in [0.2, 0.25) is 0 Å². The number of carbonyl (C=O) groups is 1. The molecule has 1 aromatic rings. The van der Waals surface area contributed by atoms with Crippen LogP contribution in [0.4, 0.5) is 0 Å². The Bertz CT molecular complexity index is 326. The van der Waals surface area contributed by atoms with Gasteiger partial charge in [0, 0.05) is 6.61 Å². The minimum absolute atomic E-state index is 0.238. The van der Waals surface area contributed by atoms with E-state index in [9.17, 15) is 4.79 Å². The lowest BCUT2D eigenvalue weighted by Crippen LogP contribution is -2.40. The van der Waals surface area contributed by atoms with Crippen molar-refractivity contribution >= 4 is 17.3 Å². The van der Waals surface area contributed by atoms with Crippen molar-refractivity contribution in [2.75, 3.05) is 13.2 Å². The number of ether oxygens (including phenoxy) is 2. The molecule has 0 aliphatic carbocycles. The third kappa shape index (κ3) is 2.58. The summed E-state index contributed by atoms with van der Waals surface area (Å²) in [6.45, 7) is 3.20. The van der Waals surface area contributed by atoms with Gasteiger partial charge in [-0.15, -0.1) is 11.3 Å². The van der Waals surface area contributed by atoms with Crippen LogP contribution in [0.3, 0.4) is 0 Å². The molecule has 2 heterocycles. The van der Waals surface area contributed by atoms with Gasteiger partial charge in [0.1, 0.15) is 10.5 Å². The molecule has 0 spiro atoms. The van der Waals surface area contributed by atoms with Gasteiger partial charge in [-0.1, -0.05) is 6.07 Å². The largest absolute Gasteiger partial charge is 0.453 e. The zero-order valence-corrected chi connectivity index (χ0v) is 9.51. The molecule has 2 rings (SSSR count). The average molecular weight is 226 g/mol. The van der Waals surface area contributed by atoms with E-state index >= 15 is 0 Å². The van der Waals surface area contributed by atoms with Gasteiger partial charge in [-0.25, -0.2) is 4.79 Å². The van der Waals surface area contributed by atoms with E-state index in [4.69, 9.17) is 9.47 Å². The van der Waals surface area contributed by atoms with Crippen LogP contribution in [0.5, 0.6) is 0 Å². The van der Waals surface area contributed by atoms with E-state index in [1.807, 2.05) is 18.4 Å². The summed E-state index contributed by atoms with van der Waals surface area (Å²) >= 11 is 1.40. The highest BCUT2D eigenvalue weighted by atomic mass is 32.1. The first-order valence-corrected chi connectivity index (χ1v) is 5.92. The van der Waals surface area contributed by atoms with Crippen LogP contribution in [0.25, 0.3) is 0 Å². The normalized spacial score (nSPS) is 26.2. The minimum Gasteiger partial charge on any atom is -0.453 e. The molecule has 0 N–H and O–H groups in total. The highest BCUT2D eigenvalue weighted by Crippen LogP contribution is 2.25. The van der Waals surface area contributed by atoms with E-state index in [2.05, 4.69) is 0 Å². The number of hydrogen-bond acceptors (Lipinski definition) is 4. The first-order chi connectivity index (χ1) is 7.20. The first kappa shape index (κ1) is 10.6. The average Bonchev–Trinajstić information content (AvgIpc) is 2.70. The Hall–Kier alpha value is -0.870. The molecular formula is C11H14O3S. The van der Waals surface area contributed by atoms with Crippen LogP contribution < -0.4 is 0 Å². The molecule has 15 heavy (non-hydrogen) atoms. The van der Waals surface area contributed by atoms with Gasteiger partial charge >= 0.3 is 5.97 Å². The Morgan fingerprint density at radius 1 is 1.67 bits per heavy atom. The molecule has 1 unspecified atom stereocenters. The monoisotopic (exact) mass is 226 g/mol. The number of esters is 1. The third-order valence-electron chi connectivity index (χ3n) is 2.46. The number of hydrogen-bond donors (Lipinski definition) is 0. The molecular weight excluding hydrogens is 212 g/mol. The van der Waals surface area contributed by atoms with Gasteiger partial charge in [0.05, 0.1) is 6.61 Å². The Labute approximate surface area is 93.0 Å². The van der Waals surface area contributed by atoms with Crippen molar-refractivity contribution in [3.63, 3.8) is 0 Å². The fourth-order valence-electron chi connectivity index (χ4n) is 1.66. The molecule has 0 saturated carbocycles. The van der Waals surface area contributed by atoms with Crippen LogP contribution in [-0.2, 0) is 9.47 Å². The van der Waals surface area contributed by atoms with Crippen LogP contribution in [0.1, 0.15) is 29.4 Å². The van der Waals surface area contributed by atoms with E-state index in [-0.39, 0.29) is 5.97 Å². The Balaban J connectivity index is 1.98. The second kappa shape index (κ2) is 4.33. The molecule has 1 fully saturated rings. The maximum Gasteiger partial charge on any atom is 0.348 e. The molecule has 0 bridgehead atoms. The van der Waals surface area contributed by atoms with E-state index < -0.39 is 5.60 Å². The summed E-state index contributed by atoms with van der Waals surface area (Å²) in [7, 11) is 0. The predicted molar refractivity (Wildman–Crippen MR) is 58.2 cm³/mol. The van der Waals surface area contributed by atoms with E-state index in [1.165, 1.54) is 11.3 Å². The van der Waals surface area contributed by atoms with E-state index in [0.29, 0.717) is 11.5 Å². The maximum atomic E-state index is 11.7. The SMILES string of the molecule is CC1(OC(=O)c2cccs2)CCCOC1. The molecule has 4 heteroatoms. The van der Waals surface area contributed by atoms with Gasteiger partial charge in [-0.2, -0.15) is 0 Å². The van der Waals surface area contributed by atoms with Crippen molar-refractivity contribution in [2.24, 2.45) is 0 Å². The summed E-state index contributed by atoms with van der Waals surface area (Å²) in [5.41, 5.74) is -0.445. The van der Waals surface area contributed by atoms with Crippen LogP contribution in [0.15, 0.2) is 17.5 Å². The van der Waals surface area contributed by atoms with Crippen molar-refractivity contribution in [3.05, 3.63) is 22.4 Å². The fraction of sp³-hybridized carbons (Fsp3) is 0.545. The summed E-state index contributed by atoms with van der Waals surface area (Å²) in [6.07, 6.45) is 1.83. The highest BCUT2D eigenvalue weighted by molar-refractivity contribution is 7.11. The molecule has 82 valence electrons. The zero-order valence-electron chi connectivity index (χ0n) is 8.69. The number of thiophene rings is 1. The van der Waals surface area contributed by atoms with Crippen molar-refractivity contribution in [1.29, 1.82) is 0 Å². The summed E-state index contributed by atoms with van der Waals surface area (Å²) in [5, 5.41) is 1.87. The Kier molecular flexibility index (Phi) is 3.07. The standard InChI is InChI=1S/C11H14O3S/c1-11(5-3-6-13-8-11)14-10(12)9-4-2-7-15-9/h2,4,7H,3,5-6,8H2,1H3. The van der Waals surface area contributed by atoms with Crippen molar-refractivity contribution in [2.45, 2.75) is 25.4 Å². The predicted octanol–water partition coefficient (Wildman–Crippen LogP) is 2.47. The third-order valence-corrected chi connectivity index (χ3v) is 3.31. The minimum atomic E-state index is -0.445. The maximum absolute atomic E-state index is 11.7. The van der Waals surface area contributed by atoms with Gasteiger partial charge in [-0.3, -0.25) is 0 Å². The van der Waals surface area contributed by atoms with Crippen molar-refractivity contribution in [3.8, 4) is 0 Å². The Morgan fingerprint density at radius 2 is 2.53 bits per heavy atom. The van der Waals surface area contributed by atoms with Gasteiger partial charge < -0.3 is 9.47 Å². The van der Waals surface area contributed by atoms with Crippen LogP contribution in [-0.4, -0.2) is 24.8 Å². The molecule has 3 nitrogen and oxygen atoms in total. The molecule has 0 aromatic carbocycles. The van der Waals surface area contributed by atoms with Gasteiger partial charge in [0.2, 0.25) is 0 Å². The molecule has 1 aromatic heterocycles. The zero-order chi connectivity index (χ0) is 10.7. The summed E-state index contributed by atoms with van der Waals surface area (Å²) in [6, 6.07) is 3.63. The van der Waals surface area contributed by atoms with E-state index in [0.717, 1.165) is 19.4 Å². The number of rotatable bonds is 2. The number of carbonyl (C=O) groups excluding carboxylic acids is 1. The van der Waals surface area contributed by atoms with Crippen molar-refractivity contribution < 1.29 is 14.3 Å². The topological polar surface area (TPSA) is 35.5 Å². The molecule has 1 aliphatic rings. The summed E-state index contributed by atoms with van der Waals surface area (Å²) in [4.78, 5) is 12.4. The van der Waals surface area contributed by atoms with Gasteiger partial charge in [0.25, 0.3) is 0 Å². The molecule has 1 aliphatic heterocycles. The second-order valence-corrected chi connectivity index (χ2v) is 4.92. The quantitative estimate of drug-likeness (QED) is 0.727. The molecule has 0 amide bonds. The lowest BCUT2D eigenvalue weighted by molar-refractivity contribution is -0.0869. The van der Waals surface area contributed by atoms with Gasteiger partial charge in [0.15, 0.2) is 0 Å². The van der Waals surface area contributed by atoms with Gasteiger partial charge in [-0.05, 0) is 31.2 Å². The second-order valence-electron chi connectivity index (χ2n) is 3.97. The molecule has 1 atom stereocenters. The first-order valence-electron chi connectivity index (χ1n) is 5.04. The fourth-order valence-corrected chi connectivity index (χ4v) is 2.26. The smallest absolute Gasteiger partial charge is 0.348 e. The lowest BCUT2D eigenvalue weighted by Gasteiger charge is -2.32. The molecule has 1 saturated heterocycles. The highest BCUT2D eigenvalue weighted by Gasteiger charge is 2.32. The van der Waals surface area contributed by atoms with E-state index in [1.54, 1.807) is 6.07 Å². The lowest BCUT2D eigenvalue weighted by atomic mass is 9.99.